The molecule has 0 radical (unpaired) electrons. The molecular weight excluding hydrogens is 1260 g/mol. The van der Waals surface area contributed by atoms with Crippen LogP contribution in [0, 0.1) is 11.3 Å². The highest BCUT2D eigenvalue weighted by Crippen LogP contribution is 2.50. The van der Waals surface area contributed by atoms with E-state index < -0.39 is 0 Å². The second kappa shape index (κ2) is 25.3. The molecule has 2 aliphatic rings. The van der Waals surface area contributed by atoms with E-state index in [2.05, 4.69) is 311 Å². The average molecular weight is 1330 g/mol. The number of rotatable bonds is 11. The minimum Gasteiger partial charge on any atom is -0.311 e. The Labute approximate surface area is 608 Å². The molecule has 494 valence electrons. The van der Waals surface area contributed by atoms with Crippen LogP contribution in [0.3, 0.4) is 0 Å². The molecule has 0 aliphatic carbocycles. The third-order valence-electron chi connectivity index (χ3n) is 20.9. The number of hydrogen-bond donors (Lipinski definition) is 0. The first-order chi connectivity index (χ1) is 50.8. The molecule has 0 atom stereocenters. The zero-order valence-electron chi connectivity index (χ0n) is 58.9. The Balaban J connectivity index is 0.929. The number of nitriles is 1. The van der Waals surface area contributed by atoms with E-state index in [0.717, 1.165) is 128 Å². The number of benzene rings is 14. The molecule has 0 unspecified atom stereocenters. The van der Waals surface area contributed by atoms with E-state index in [0.29, 0.717) is 28.6 Å². The topological polar surface area (TPSA) is 73.9 Å². The highest BCUT2D eigenvalue weighted by atomic mass is 15.2. The first kappa shape index (κ1) is 63.2. The fourth-order valence-electron chi connectivity index (χ4n) is 15.7. The van der Waals surface area contributed by atoms with E-state index >= 15 is 0 Å². The molecule has 0 fully saturated rings. The SMILES string of the molecule is CC(C)(C)c1ccc2c(c1)B1c3cc(C(C)(C)C)ccc3N(c3cc(-c4ccccc4)cc(-c4ccccc4)c3)c3cc(-c4ccc5c(c4)c4ccccc4n5-c4ccc(C#N)cc4-c4nc(-c5ccccc5)nc(-c5ccccc5)n4)cc(c31)N2c1cc(-c2ccccc2)cc(-c2ccccc2)c1. The molecule has 0 saturated carbocycles. The highest BCUT2D eigenvalue weighted by molar-refractivity contribution is 7.00. The van der Waals surface area contributed by atoms with Crippen LogP contribution in [0.2, 0.25) is 0 Å². The molecule has 7 nitrogen and oxygen atoms in total. The molecule has 0 saturated heterocycles. The summed E-state index contributed by atoms with van der Waals surface area (Å²) in [6.07, 6.45) is 0. The van der Waals surface area contributed by atoms with Gasteiger partial charge in [-0.25, -0.2) is 15.0 Å². The Morgan fingerprint density at radius 3 is 1.12 bits per heavy atom. The predicted octanol–water partition coefficient (Wildman–Crippen LogP) is 22.9. The van der Waals surface area contributed by atoms with Crippen LogP contribution in [-0.2, 0) is 10.8 Å². The molecule has 0 N–H and O–H groups in total. The summed E-state index contributed by atoms with van der Waals surface area (Å²) in [7, 11) is 0. The zero-order chi connectivity index (χ0) is 70.4. The average Bonchev–Trinajstić information content (AvgIpc) is 0.760. The van der Waals surface area contributed by atoms with Crippen molar-refractivity contribution in [3.8, 4) is 102 Å². The van der Waals surface area contributed by atoms with Gasteiger partial charge in [0.1, 0.15) is 0 Å². The van der Waals surface area contributed by atoms with Crippen LogP contribution in [0.15, 0.2) is 328 Å². The second-order valence-electron chi connectivity index (χ2n) is 29.5. The standard InChI is InChI=1S/C96H72BN7/c1-95(2,3)75-43-47-87-82(59-75)97-83-60-76(96(4,5)6)44-48-88(83)103(78-54-72(65-31-17-9-18-32-65)51-73(55-78)66-33-19-10-20-34-66)90-58-74(57-89(91(90)97)102(87)77-52-70(63-27-13-7-14-28-63)50-71(53-77)64-29-15-8-16-30-64)69-42-46-85-80(56-69)79-39-25-26-40-84(79)104(85)86-45-41-62(61-98)49-81(86)94-100-92(67-35-21-11-22-36-67)99-93(101-94)68-37-23-12-24-38-68/h7-60H,1-6H3. The third-order valence-corrected chi connectivity index (χ3v) is 20.9. The number of aromatic nitrogens is 4. The molecule has 8 heteroatoms. The number of nitrogens with zero attached hydrogens (tertiary/aromatic N) is 7. The van der Waals surface area contributed by atoms with E-state index in [9.17, 15) is 5.26 Å². The Kier molecular flexibility index (Phi) is 15.4. The smallest absolute Gasteiger partial charge is 0.252 e. The van der Waals surface area contributed by atoms with Crippen LogP contribution >= 0.6 is 0 Å². The lowest BCUT2D eigenvalue weighted by atomic mass is 9.33. The van der Waals surface area contributed by atoms with Gasteiger partial charge in [-0.3, -0.25) is 0 Å². The maximum Gasteiger partial charge on any atom is 0.252 e. The van der Waals surface area contributed by atoms with Crippen molar-refractivity contribution >= 4 is 79.0 Å². The molecule has 2 aliphatic heterocycles. The molecule has 0 amide bonds. The van der Waals surface area contributed by atoms with Gasteiger partial charge in [0.2, 0.25) is 0 Å². The van der Waals surface area contributed by atoms with Crippen molar-refractivity contribution in [2.24, 2.45) is 0 Å². The highest BCUT2D eigenvalue weighted by Gasteiger charge is 2.45. The van der Waals surface area contributed by atoms with Crippen LogP contribution in [-0.4, -0.2) is 26.2 Å². The lowest BCUT2D eigenvalue weighted by molar-refractivity contribution is 0.590. The lowest BCUT2D eigenvalue weighted by Crippen LogP contribution is -2.61. The van der Waals surface area contributed by atoms with Gasteiger partial charge in [-0.05, 0) is 191 Å². The summed E-state index contributed by atoms with van der Waals surface area (Å²) in [6.45, 7) is 13.9. The van der Waals surface area contributed by atoms with Crippen LogP contribution in [0.25, 0.3) is 117 Å². The van der Waals surface area contributed by atoms with Gasteiger partial charge in [-0.15, -0.1) is 0 Å². The first-order valence-electron chi connectivity index (χ1n) is 35.8. The molecular formula is C96H72BN7. The minimum atomic E-state index is -0.174. The Morgan fingerprint density at radius 2 is 0.683 bits per heavy atom. The van der Waals surface area contributed by atoms with Gasteiger partial charge < -0.3 is 14.4 Å². The van der Waals surface area contributed by atoms with Gasteiger partial charge in [0, 0.05) is 61.6 Å². The predicted molar refractivity (Wildman–Crippen MR) is 434 cm³/mol. The molecule has 18 rings (SSSR count). The molecule has 0 spiro atoms. The minimum absolute atomic E-state index is 0.156. The monoisotopic (exact) mass is 1330 g/mol. The van der Waals surface area contributed by atoms with Gasteiger partial charge in [0.25, 0.3) is 6.71 Å². The quantitative estimate of drug-likeness (QED) is 0.120. The van der Waals surface area contributed by atoms with Gasteiger partial charge >= 0.3 is 0 Å². The van der Waals surface area contributed by atoms with E-state index in [1.807, 2.05) is 78.9 Å². The number of hydrogen-bond acceptors (Lipinski definition) is 6. The maximum atomic E-state index is 10.7. The van der Waals surface area contributed by atoms with Crippen LogP contribution in [0.4, 0.5) is 34.1 Å². The number of para-hydroxylation sites is 1. The fraction of sp³-hybridized carbons (Fsp3) is 0.0833. The van der Waals surface area contributed by atoms with Crippen LogP contribution in [0.1, 0.15) is 58.2 Å². The number of fused-ring (bicyclic) bond motifs is 7. The summed E-state index contributed by atoms with van der Waals surface area (Å²) in [5.41, 5.74) is 29.6. The molecule has 14 aromatic carbocycles. The van der Waals surface area contributed by atoms with E-state index in [4.69, 9.17) is 15.0 Å². The summed E-state index contributed by atoms with van der Waals surface area (Å²) in [6, 6.07) is 121. The Hall–Kier alpha value is -13.0. The summed E-state index contributed by atoms with van der Waals surface area (Å²) in [5.74, 6) is 1.55. The zero-order valence-corrected chi connectivity index (χ0v) is 58.9. The van der Waals surface area contributed by atoms with Crippen molar-refractivity contribution < 1.29 is 0 Å². The fourth-order valence-corrected chi connectivity index (χ4v) is 15.7. The molecule has 2 aromatic heterocycles. The molecule has 16 aromatic rings. The first-order valence-corrected chi connectivity index (χ1v) is 35.8. The van der Waals surface area contributed by atoms with Crippen molar-refractivity contribution in [1.82, 2.24) is 19.5 Å². The summed E-state index contributed by atoms with van der Waals surface area (Å²) < 4.78 is 2.32. The van der Waals surface area contributed by atoms with Gasteiger partial charge in [-0.2, -0.15) is 5.26 Å². The van der Waals surface area contributed by atoms with Gasteiger partial charge in [0.15, 0.2) is 17.5 Å². The summed E-state index contributed by atoms with van der Waals surface area (Å²) in [4.78, 5) is 20.8. The third kappa shape index (κ3) is 11.2. The van der Waals surface area contributed by atoms with Crippen molar-refractivity contribution in [2.45, 2.75) is 52.4 Å². The van der Waals surface area contributed by atoms with Gasteiger partial charge in [0.05, 0.1) is 28.4 Å². The Bertz CT molecular complexity index is 5680. The number of anilines is 6. The Morgan fingerprint density at radius 1 is 0.298 bits per heavy atom. The normalized spacial score (nSPS) is 12.5. The van der Waals surface area contributed by atoms with Crippen molar-refractivity contribution in [3.63, 3.8) is 0 Å². The summed E-state index contributed by atoms with van der Waals surface area (Å²) in [5, 5.41) is 12.8. The van der Waals surface area contributed by atoms with Crippen molar-refractivity contribution in [2.75, 3.05) is 9.80 Å². The van der Waals surface area contributed by atoms with E-state index in [-0.39, 0.29) is 17.5 Å². The summed E-state index contributed by atoms with van der Waals surface area (Å²) >= 11 is 0. The lowest BCUT2D eigenvalue weighted by Gasteiger charge is -2.45. The van der Waals surface area contributed by atoms with Crippen LogP contribution in [0.5, 0.6) is 0 Å². The van der Waals surface area contributed by atoms with Crippen molar-refractivity contribution in [3.05, 3.63) is 344 Å². The van der Waals surface area contributed by atoms with Gasteiger partial charge in [-0.1, -0.05) is 272 Å². The maximum absolute atomic E-state index is 10.7. The van der Waals surface area contributed by atoms with Crippen LogP contribution < -0.4 is 26.2 Å². The van der Waals surface area contributed by atoms with E-state index in [1.54, 1.807) is 0 Å². The molecule has 0 bridgehead atoms. The largest absolute Gasteiger partial charge is 0.311 e. The molecule has 104 heavy (non-hydrogen) atoms. The second-order valence-corrected chi connectivity index (χ2v) is 29.5. The molecule has 4 heterocycles. The van der Waals surface area contributed by atoms with E-state index in [1.165, 1.54) is 27.5 Å². The van der Waals surface area contributed by atoms with Crippen molar-refractivity contribution in [1.29, 1.82) is 5.26 Å².